The van der Waals surface area contributed by atoms with Crippen LogP contribution in [0.5, 0.6) is 0 Å². The third-order valence-corrected chi connectivity index (χ3v) is 2.83. The number of hydrogen-bond donors (Lipinski definition) is 0. The highest BCUT2D eigenvalue weighted by Gasteiger charge is 2.31. The van der Waals surface area contributed by atoms with Gasteiger partial charge >= 0.3 is 0 Å². The van der Waals surface area contributed by atoms with Gasteiger partial charge in [0.25, 0.3) is 0 Å². The quantitative estimate of drug-likeness (QED) is 0.588. The van der Waals surface area contributed by atoms with Gasteiger partial charge in [0.1, 0.15) is 0 Å². The first kappa shape index (κ1) is 9.56. The smallest absolute Gasteiger partial charge is 0.222 e. The van der Waals surface area contributed by atoms with Crippen LogP contribution in [0.25, 0.3) is 0 Å². The van der Waals surface area contributed by atoms with Crippen LogP contribution in [0.4, 0.5) is 0 Å². The predicted molar refractivity (Wildman–Crippen MR) is 49.9 cm³/mol. The Morgan fingerprint density at radius 2 is 2.00 bits per heavy atom. The predicted octanol–water partition coefficient (Wildman–Crippen LogP) is 2.04. The lowest BCUT2D eigenvalue weighted by Crippen LogP contribution is -2.42. The molecule has 1 aliphatic rings. The standard InChI is InChI=1S/C10H19NO/c1-8(10(2,3)4)11-7-5-6-9(11)12/h8H,5-7H2,1-4H3/t8-/m1/s1. The van der Waals surface area contributed by atoms with Gasteiger partial charge in [-0.3, -0.25) is 4.79 Å². The van der Waals surface area contributed by atoms with Crippen LogP contribution < -0.4 is 0 Å². The molecule has 2 heteroatoms. The average molecular weight is 169 g/mol. The molecule has 1 amide bonds. The van der Waals surface area contributed by atoms with Gasteiger partial charge in [-0.25, -0.2) is 0 Å². The number of likely N-dealkylation sites (tertiary alicyclic amines) is 1. The largest absolute Gasteiger partial charge is 0.339 e. The Kier molecular flexibility index (Phi) is 2.45. The lowest BCUT2D eigenvalue weighted by molar-refractivity contribution is -0.131. The minimum atomic E-state index is 0.208. The Bertz CT molecular complexity index is 181. The molecule has 1 heterocycles. The van der Waals surface area contributed by atoms with Crippen LogP contribution in [0.15, 0.2) is 0 Å². The lowest BCUT2D eigenvalue weighted by Gasteiger charge is -2.35. The zero-order chi connectivity index (χ0) is 9.35. The van der Waals surface area contributed by atoms with E-state index in [0.717, 1.165) is 19.4 Å². The van der Waals surface area contributed by atoms with Gasteiger partial charge in [0.05, 0.1) is 0 Å². The monoisotopic (exact) mass is 169 g/mol. The Labute approximate surface area is 74.9 Å². The molecular weight excluding hydrogens is 150 g/mol. The van der Waals surface area contributed by atoms with Crippen molar-refractivity contribution in [1.29, 1.82) is 0 Å². The number of hydrogen-bond acceptors (Lipinski definition) is 1. The Hall–Kier alpha value is -0.530. The van der Waals surface area contributed by atoms with E-state index in [1.165, 1.54) is 0 Å². The first-order valence-corrected chi connectivity index (χ1v) is 4.72. The molecule has 0 aromatic rings. The Balaban J connectivity index is 2.63. The normalized spacial score (nSPS) is 21.7. The van der Waals surface area contributed by atoms with Crippen molar-refractivity contribution in [2.75, 3.05) is 6.54 Å². The second kappa shape index (κ2) is 3.08. The summed E-state index contributed by atoms with van der Waals surface area (Å²) in [6.07, 6.45) is 1.79. The fourth-order valence-corrected chi connectivity index (χ4v) is 1.55. The molecule has 0 saturated carbocycles. The molecule has 0 aromatic carbocycles. The molecule has 0 spiro atoms. The maximum Gasteiger partial charge on any atom is 0.222 e. The third-order valence-electron chi connectivity index (χ3n) is 2.83. The van der Waals surface area contributed by atoms with E-state index in [1.54, 1.807) is 0 Å². The van der Waals surface area contributed by atoms with Gasteiger partial charge in [0.2, 0.25) is 5.91 Å². The molecule has 12 heavy (non-hydrogen) atoms. The molecule has 0 aliphatic carbocycles. The number of amides is 1. The first-order valence-electron chi connectivity index (χ1n) is 4.72. The summed E-state index contributed by atoms with van der Waals surface area (Å²) >= 11 is 0. The summed E-state index contributed by atoms with van der Waals surface area (Å²) in [7, 11) is 0. The van der Waals surface area contributed by atoms with Crippen LogP contribution in [0.3, 0.4) is 0 Å². The fraction of sp³-hybridized carbons (Fsp3) is 0.900. The highest BCUT2D eigenvalue weighted by molar-refractivity contribution is 5.78. The van der Waals surface area contributed by atoms with E-state index in [4.69, 9.17) is 0 Å². The maximum absolute atomic E-state index is 11.4. The van der Waals surface area contributed by atoms with E-state index in [9.17, 15) is 4.79 Å². The van der Waals surface area contributed by atoms with Crippen molar-refractivity contribution in [3.05, 3.63) is 0 Å². The molecule has 1 aliphatic heterocycles. The van der Waals surface area contributed by atoms with Gasteiger partial charge in [-0.05, 0) is 18.8 Å². The van der Waals surface area contributed by atoms with Gasteiger partial charge in [0, 0.05) is 19.0 Å². The van der Waals surface area contributed by atoms with Crippen molar-refractivity contribution in [2.45, 2.75) is 46.6 Å². The molecule has 2 nitrogen and oxygen atoms in total. The number of carbonyl (C=O) groups excluding carboxylic acids is 1. The van der Waals surface area contributed by atoms with Crippen molar-refractivity contribution in [1.82, 2.24) is 4.90 Å². The van der Waals surface area contributed by atoms with Crippen LogP contribution in [-0.2, 0) is 4.79 Å². The SMILES string of the molecule is C[C@@H](N1CCCC1=O)C(C)(C)C. The minimum absolute atomic E-state index is 0.208. The molecule has 0 bridgehead atoms. The third kappa shape index (κ3) is 1.79. The van der Waals surface area contributed by atoms with Crippen LogP contribution in [0, 0.1) is 5.41 Å². The summed E-state index contributed by atoms with van der Waals surface area (Å²) in [5.74, 6) is 0.331. The first-order chi connectivity index (χ1) is 5.43. The molecule has 1 saturated heterocycles. The fourth-order valence-electron chi connectivity index (χ4n) is 1.55. The molecular formula is C10H19NO. The van der Waals surface area contributed by atoms with Gasteiger partial charge < -0.3 is 4.90 Å². The molecule has 1 rings (SSSR count). The van der Waals surface area contributed by atoms with E-state index < -0.39 is 0 Å². The maximum atomic E-state index is 11.4. The van der Waals surface area contributed by atoms with Crippen LogP contribution >= 0.6 is 0 Å². The zero-order valence-corrected chi connectivity index (χ0v) is 8.55. The van der Waals surface area contributed by atoms with Crippen molar-refractivity contribution < 1.29 is 4.79 Å². The highest BCUT2D eigenvalue weighted by Crippen LogP contribution is 2.27. The van der Waals surface area contributed by atoms with Gasteiger partial charge in [-0.2, -0.15) is 0 Å². The van der Waals surface area contributed by atoms with Crippen molar-refractivity contribution >= 4 is 5.91 Å². The molecule has 0 unspecified atom stereocenters. The lowest BCUT2D eigenvalue weighted by atomic mass is 9.87. The molecule has 0 N–H and O–H groups in total. The van der Waals surface area contributed by atoms with Crippen molar-refractivity contribution in [3.63, 3.8) is 0 Å². The minimum Gasteiger partial charge on any atom is -0.339 e. The summed E-state index contributed by atoms with van der Waals surface area (Å²) in [6, 6.07) is 0.368. The Morgan fingerprint density at radius 1 is 1.42 bits per heavy atom. The molecule has 0 aromatic heterocycles. The molecule has 70 valence electrons. The van der Waals surface area contributed by atoms with Gasteiger partial charge in [-0.15, -0.1) is 0 Å². The van der Waals surface area contributed by atoms with Crippen LogP contribution in [0.2, 0.25) is 0 Å². The van der Waals surface area contributed by atoms with E-state index in [2.05, 4.69) is 27.7 Å². The van der Waals surface area contributed by atoms with Crippen LogP contribution in [0.1, 0.15) is 40.5 Å². The molecule has 1 fully saturated rings. The number of rotatable bonds is 1. The van der Waals surface area contributed by atoms with Crippen molar-refractivity contribution in [2.24, 2.45) is 5.41 Å². The van der Waals surface area contributed by atoms with E-state index in [1.807, 2.05) is 4.90 Å². The average Bonchev–Trinajstić information content (AvgIpc) is 2.31. The second-order valence-corrected chi connectivity index (χ2v) is 4.73. The van der Waals surface area contributed by atoms with E-state index >= 15 is 0 Å². The van der Waals surface area contributed by atoms with Crippen molar-refractivity contribution in [3.8, 4) is 0 Å². The highest BCUT2D eigenvalue weighted by atomic mass is 16.2. The summed E-state index contributed by atoms with van der Waals surface area (Å²) < 4.78 is 0. The summed E-state index contributed by atoms with van der Waals surface area (Å²) in [5.41, 5.74) is 0.208. The summed E-state index contributed by atoms with van der Waals surface area (Å²) in [5, 5.41) is 0. The Morgan fingerprint density at radius 3 is 2.33 bits per heavy atom. The van der Waals surface area contributed by atoms with Gasteiger partial charge in [-0.1, -0.05) is 20.8 Å². The topological polar surface area (TPSA) is 20.3 Å². The number of carbonyl (C=O) groups is 1. The summed E-state index contributed by atoms with van der Waals surface area (Å²) in [6.45, 7) is 9.65. The second-order valence-electron chi connectivity index (χ2n) is 4.73. The number of nitrogens with zero attached hydrogens (tertiary/aromatic N) is 1. The van der Waals surface area contributed by atoms with Crippen LogP contribution in [-0.4, -0.2) is 23.4 Å². The van der Waals surface area contributed by atoms with E-state index in [0.29, 0.717) is 11.9 Å². The van der Waals surface area contributed by atoms with E-state index in [-0.39, 0.29) is 5.41 Å². The zero-order valence-electron chi connectivity index (χ0n) is 8.55. The molecule has 0 radical (unpaired) electrons. The van der Waals surface area contributed by atoms with Gasteiger partial charge in [0.15, 0.2) is 0 Å². The molecule has 1 atom stereocenters. The summed E-state index contributed by atoms with van der Waals surface area (Å²) in [4.78, 5) is 13.4.